The molecule has 6 heteroatoms. The second kappa shape index (κ2) is 9.70. The lowest BCUT2D eigenvalue weighted by Gasteiger charge is -2.17. The molecule has 0 unspecified atom stereocenters. The summed E-state index contributed by atoms with van der Waals surface area (Å²) in [6, 6.07) is 8.16. The van der Waals surface area contributed by atoms with Gasteiger partial charge in [-0.15, -0.1) is 0 Å². The molecule has 3 nitrogen and oxygen atoms in total. The third-order valence-corrected chi connectivity index (χ3v) is 4.64. The molecule has 0 radical (unpaired) electrons. The standard InChI is InChI=1S/C21H23ClF2O3/c1-4-13-8-7-9-18(27-20(25)6-3)16(13)12-26-19-11-17(22)14(5-2)10-15(19)21(23)24/h7-11,21H,4-6,12H2,1-3H3. The maximum atomic E-state index is 13.5. The third-order valence-electron chi connectivity index (χ3n) is 4.29. The minimum atomic E-state index is -2.68. The Balaban J connectivity index is 2.36. The van der Waals surface area contributed by atoms with E-state index in [0.717, 1.165) is 5.56 Å². The quantitative estimate of drug-likeness (QED) is 0.388. The highest BCUT2D eigenvalue weighted by Crippen LogP contribution is 2.35. The molecule has 27 heavy (non-hydrogen) atoms. The maximum absolute atomic E-state index is 13.5. The number of hydrogen-bond donors (Lipinski definition) is 0. The molecule has 0 spiro atoms. The van der Waals surface area contributed by atoms with E-state index < -0.39 is 6.43 Å². The predicted octanol–water partition coefficient (Wildman–Crippen LogP) is 6.30. The highest BCUT2D eigenvalue weighted by atomic mass is 35.5. The Morgan fingerprint density at radius 1 is 1.07 bits per heavy atom. The zero-order valence-electron chi connectivity index (χ0n) is 15.7. The van der Waals surface area contributed by atoms with Crippen molar-refractivity contribution in [3.05, 3.63) is 57.6 Å². The van der Waals surface area contributed by atoms with Gasteiger partial charge in [0.05, 0.1) is 5.56 Å². The van der Waals surface area contributed by atoms with Crippen LogP contribution in [-0.2, 0) is 24.2 Å². The van der Waals surface area contributed by atoms with Gasteiger partial charge in [0.1, 0.15) is 18.1 Å². The average Bonchev–Trinajstić information content (AvgIpc) is 2.66. The second-order valence-electron chi connectivity index (χ2n) is 6.00. The van der Waals surface area contributed by atoms with Crippen LogP contribution in [-0.4, -0.2) is 5.97 Å². The molecule has 0 N–H and O–H groups in total. The van der Waals surface area contributed by atoms with Crippen LogP contribution in [0.1, 0.15) is 55.9 Å². The van der Waals surface area contributed by atoms with Crippen LogP contribution in [0.3, 0.4) is 0 Å². The van der Waals surface area contributed by atoms with Gasteiger partial charge in [0.15, 0.2) is 0 Å². The van der Waals surface area contributed by atoms with Crippen LogP contribution >= 0.6 is 11.6 Å². The first-order valence-corrected chi connectivity index (χ1v) is 9.33. The number of esters is 1. The fourth-order valence-electron chi connectivity index (χ4n) is 2.73. The highest BCUT2D eigenvalue weighted by Gasteiger charge is 2.19. The number of ether oxygens (including phenoxy) is 2. The fourth-order valence-corrected chi connectivity index (χ4v) is 3.02. The van der Waals surface area contributed by atoms with Gasteiger partial charge >= 0.3 is 5.97 Å². The third kappa shape index (κ3) is 5.19. The molecule has 0 aliphatic rings. The summed E-state index contributed by atoms with van der Waals surface area (Å²) in [6.45, 7) is 5.51. The number of carbonyl (C=O) groups is 1. The zero-order chi connectivity index (χ0) is 20.0. The molecule has 146 valence electrons. The number of carbonyl (C=O) groups excluding carboxylic acids is 1. The van der Waals surface area contributed by atoms with Crippen molar-refractivity contribution in [3.8, 4) is 11.5 Å². The SMILES string of the molecule is CCC(=O)Oc1cccc(CC)c1COc1cc(Cl)c(CC)cc1C(F)F. The molecule has 0 saturated carbocycles. The topological polar surface area (TPSA) is 35.5 Å². The average molecular weight is 397 g/mol. The van der Waals surface area contributed by atoms with E-state index in [0.29, 0.717) is 34.7 Å². The molecule has 0 atom stereocenters. The molecule has 2 aromatic rings. The Labute approximate surface area is 163 Å². The Hall–Kier alpha value is -2.14. The molecule has 0 fully saturated rings. The van der Waals surface area contributed by atoms with E-state index in [1.54, 1.807) is 19.1 Å². The number of alkyl halides is 2. The van der Waals surface area contributed by atoms with Crippen LogP contribution in [0.2, 0.25) is 5.02 Å². The van der Waals surface area contributed by atoms with E-state index in [1.807, 2.05) is 19.9 Å². The molecule has 0 aliphatic carbocycles. The first kappa shape index (κ1) is 21.2. The number of aryl methyl sites for hydroxylation is 2. The van der Waals surface area contributed by atoms with Crippen molar-refractivity contribution in [2.75, 3.05) is 0 Å². The summed E-state index contributed by atoms with van der Waals surface area (Å²) < 4.78 is 38.0. The molecule has 2 aromatic carbocycles. The smallest absolute Gasteiger partial charge is 0.310 e. The van der Waals surface area contributed by atoms with E-state index in [1.165, 1.54) is 12.1 Å². The van der Waals surface area contributed by atoms with Gasteiger partial charge in [0, 0.05) is 17.0 Å². The molecule has 0 saturated heterocycles. The molecular formula is C21H23ClF2O3. The predicted molar refractivity (Wildman–Crippen MR) is 102 cm³/mol. The lowest BCUT2D eigenvalue weighted by Crippen LogP contribution is -2.10. The van der Waals surface area contributed by atoms with Crippen LogP contribution in [0.4, 0.5) is 8.78 Å². The number of rotatable bonds is 8. The molecule has 0 heterocycles. The Morgan fingerprint density at radius 3 is 2.37 bits per heavy atom. The zero-order valence-corrected chi connectivity index (χ0v) is 16.4. The number of benzene rings is 2. The molecule has 0 aliphatic heterocycles. The summed E-state index contributed by atoms with van der Waals surface area (Å²) in [5.74, 6) is 0.0510. The van der Waals surface area contributed by atoms with Gasteiger partial charge in [0.25, 0.3) is 6.43 Å². The van der Waals surface area contributed by atoms with Crippen molar-refractivity contribution >= 4 is 17.6 Å². The van der Waals surface area contributed by atoms with Gasteiger partial charge in [0.2, 0.25) is 0 Å². The highest BCUT2D eigenvalue weighted by molar-refractivity contribution is 6.31. The van der Waals surface area contributed by atoms with Gasteiger partial charge in [-0.3, -0.25) is 4.79 Å². The summed E-state index contributed by atoms with van der Waals surface area (Å²) in [7, 11) is 0. The Morgan fingerprint density at radius 2 is 1.78 bits per heavy atom. The molecule has 0 amide bonds. The largest absolute Gasteiger partial charge is 0.488 e. The lowest BCUT2D eigenvalue weighted by atomic mass is 10.0. The van der Waals surface area contributed by atoms with Crippen molar-refractivity contribution in [2.24, 2.45) is 0 Å². The van der Waals surface area contributed by atoms with Crippen molar-refractivity contribution in [3.63, 3.8) is 0 Å². The molecule has 0 bridgehead atoms. The van der Waals surface area contributed by atoms with Crippen LogP contribution in [0, 0.1) is 0 Å². The van der Waals surface area contributed by atoms with E-state index in [9.17, 15) is 13.6 Å². The van der Waals surface area contributed by atoms with Gasteiger partial charge < -0.3 is 9.47 Å². The van der Waals surface area contributed by atoms with Crippen molar-refractivity contribution in [1.29, 1.82) is 0 Å². The van der Waals surface area contributed by atoms with Crippen LogP contribution in [0.15, 0.2) is 30.3 Å². The number of halogens is 3. The summed E-state index contributed by atoms with van der Waals surface area (Å²) in [4.78, 5) is 11.7. The summed E-state index contributed by atoms with van der Waals surface area (Å²) in [6.07, 6.45) is -1.20. The Bertz CT molecular complexity index is 806. The maximum Gasteiger partial charge on any atom is 0.310 e. The minimum Gasteiger partial charge on any atom is -0.488 e. The van der Waals surface area contributed by atoms with Crippen molar-refractivity contribution in [1.82, 2.24) is 0 Å². The van der Waals surface area contributed by atoms with Crippen molar-refractivity contribution < 1.29 is 23.0 Å². The van der Waals surface area contributed by atoms with Gasteiger partial charge in [-0.2, -0.15) is 0 Å². The normalized spacial score (nSPS) is 10.9. The first-order valence-electron chi connectivity index (χ1n) is 8.95. The van der Waals surface area contributed by atoms with E-state index in [4.69, 9.17) is 21.1 Å². The fraction of sp³-hybridized carbons (Fsp3) is 0.381. The van der Waals surface area contributed by atoms with E-state index in [2.05, 4.69) is 0 Å². The number of hydrogen-bond acceptors (Lipinski definition) is 3. The lowest BCUT2D eigenvalue weighted by molar-refractivity contribution is -0.134. The Kier molecular flexibility index (Phi) is 7.60. The summed E-state index contributed by atoms with van der Waals surface area (Å²) in [5, 5.41) is 0.387. The van der Waals surface area contributed by atoms with Crippen molar-refractivity contribution in [2.45, 2.75) is 53.1 Å². The van der Waals surface area contributed by atoms with E-state index in [-0.39, 0.29) is 30.3 Å². The summed E-state index contributed by atoms with van der Waals surface area (Å²) >= 11 is 6.17. The van der Waals surface area contributed by atoms with Gasteiger partial charge in [-0.05, 0) is 42.2 Å². The van der Waals surface area contributed by atoms with Gasteiger partial charge in [-0.1, -0.05) is 44.5 Å². The van der Waals surface area contributed by atoms with E-state index >= 15 is 0 Å². The second-order valence-corrected chi connectivity index (χ2v) is 6.41. The first-order chi connectivity index (χ1) is 12.9. The van der Waals surface area contributed by atoms with Crippen LogP contribution < -0.4 is 9.47 Å². The molecule has 2 rings (SSSR count). The van der Waals surface area contributed by atoms with Crippen LogP contribution in [0.25, 0.3) is 0 Å². The molecule has 0 aromatic heterocycles. The monoisotopic (exact) mass is 396 g/mol. The minimum absolute atomic E-state index is 0.00212. The summed E-state index contributed by atoms with van der Waals surface area (Å²) in [5.41, 5.74) is 2.03. The van der Waals surface area contributed by atoms with Crippen LogP contribution in [0.5, 0.6) is 11.5 Å². The van der Waals surface area contributed by atoms with Gasteiger partial charge in [-0.25, -0.2) is 8.78 Å². The molecular weight excluding hydrogens is 374 g/mol.